The summed E-state index contributed by atoms with van der Waals surface area (Å²) in [5.74, 6) is -0.0324. The summed E-state index contributed by atoms with van der Waals surface area (Å²) in [5, 5.41) is 14.3. The molecule has 7 nitrogen and oxygen atoms in total. The first-order chi connectivity index (χ1) is 14.2. The van der Waals surface area contributed by atoms with Crippen molar-refractivity contribution >= 4 is 16.8 Å². The summed E-state index contributed by atoms with van der Waals surface area (Å²) >= 11 is 0. The van der Waals surface area contributed by atoms with Crippen LogP contribution in [0.25, 0.3) is 10.9 Å². The van der Waals surface area contributed by atoms with Gasteiger partial charge in [-0.2, -0.15) is 5.10 Å². The van der Waals surface area contributed by atoms with Crippen molar-refractivity contribution in [3.05, 3.63) is 63.7 Å². The maximum atomic E-state index is 13.3. The third-order valence-electron chi connectivity index (χ3n) is 6.15. The molecule has 1 amide bonds. The van der Waals surface area contributed by atoms with Gasteiger partial charge in [-0.3, -0.25) is 14.3 Å². The number of aliphatic hydroxyl groups excluding tert-OH is 1. The highest BCUT2D eigenvalue weighted by molar-refractivity contribution is 5.98. The molecular formula is C22H24N4O3. The highest BCUT2D eigenvalue weighted by atomic mass is 16.3. The Morgan fingerprint density at radius 1 is 1.24 bits per heavy atom. The number of aromatic nitrogens is 3. The van der Waals surface area contributed by atoms with Crippen molar-refractivity contribution in [2.75, 3.05) is 19.7 Å². The van der Waals surface area contributed by atoms with Crippen molar-refractivity contribution in [1.29, 1.82) is 0 Å². The lowest BCUT2D eigenvalue weighted by molar-refractivity contribution is 0.0703. The maximum Gasteiger partial charge on any atom is 0.259 e. The molecule has 0 aliphatic carbocycles. The predicted octanol–water partition coefficient (Wildman–Crippen LogP) is 1.77. The number of pyridine rings is 1. The van der Waals surface area contributed by atoms with E-state index in [-0.39, 0.29) is 29.4 Å². The quantitative estimate of drug-likeness (QED) is 0.734. The fourth-order valence-corrected chi connectivity index (χ4v) is 4.70. The Hall–Kier alpha value is -2.93. The van der Waals surface area contributed by atoms with Crippen LogP contribution in [0.5, 0.6) is 0 Å². The number of rotatable bonds is 4. The van der Waals surface area contributed by atoms with E-state index in [2.05, 4.69) is 15.7 Å². The molecule has 0 saturated carbocycles. The molecule has 1 N–H and O–H groups in total. The second kappa shape index (κ2) is 7.15. The fraction of sp³-hybridized carbons (Fsp3) is 0.409. The Morgan fingerprint density at radius 2 is 2.14 bits per heavy atom. The molecule has 150 valence electrons. The third-order valence-corrected chi connectivity index (χ3v) is 6.15. The topological polar surface area (TPSA) is 80.4 Å². The molecule has 1 atom stereocenters. The van der Waals surface area contributed by atoms with E-state index in [4.69, 9.17) is 5.11 Å². The van der Waals surface area contributed by atoms with Gasteiger partial charge in [-0.05, 0) is 37.0 Å². The van der Waals surface area contributed by atoms with Crippen molar-refractivity contribution in [3.8, 4) is 0 Å². The van der Waals surface area contributed by atoms with Crippen LogP contribution >= 0.6 is 0 Å². The van der Waals surface area contributed by atoms with Crippen LogP contribution in [-0.2, 0) is 19.5 Å². The first-order valence-electron chi connectivity index (χ1n) is 10.2. The van der Waals surface area contributed by atoms with Crippen LogP contribution in [0.15, 0.2) is 41.5 Å². The molecule has 0 unspecified atom stereocenters. The fourth-order valence-electron chi connectivity index (χ4n) is 4.70. The summed E-state index contributed by atoms with van der Waals surface area (Å²) < 4.78 is 3.78. The van der Waals surface area contributed by atoms with Gasteiger partial charge in [0.15, 0.2) is 0 Å². The van der Waals surface area contributed by atoms with Gasteiger partial charge >= 0.3 is 0 Å². The number of hydrogen-bond acceptors (Lipinski definition) is 4. The molecule has 1 saturated heterocycles. The van der Waals surface area contributed by atoms with Gasteiger partial charge in [0.2, 0.25) is 5.43 Å². The summed E-state index contributed by atoms with van der Waals surface area (Å²) in [5.41, 5.74) is 3.19. The van der Waals surface area contributed by atoms with E-state index < -0.39 is 0 Å². The van der Waals surface area contributed by atoms with Gasteiger partial charge in [-0.1, -0.05) is 12.1 Å². The Morgan fingerprint density at radius 3 is 3.00 bits per heavy atom. The third kappa shape index (κ3) is 3.06. The van der Waals surface area contributed by atoms with E-state index in [0.717, 1.165) is 37.0 Å². The van der Waals surface area contributed by atoms with E-state index >= 15 is 0 Å². The predicted molar refractivity (Wildman–Crippen MR) is 109 cm³/mol. The number of likely N-dealkylation sites (tertiary alicyclic amines) is 1. The minimum absolute atomic E-state index is 0.0480. The van der Waals surface area contributed by atoms with E-state index in [1.54, 1.807) is 15.8 Å². The van der Waals surface area contributed by atoms with E-state index in [1.165, 1.54) is 5.56 Å². The highest BCUT2D eigenvalue weighted by Crippen LogP contribution is 2.28. The average molecular weight is 392 g/mol. The molecule has 2 aliphatic heterocycles. The second-order valence-corrected chi connectivity index (χ2v) is 7.95. The molecule has 0 bridgehead atoms. The number of carbonyl (C=O) groups excluding carboxylic acids is 1. The monoisotopic (exact) mass is 392 g/mol. The molecule has 0 radical (unpaired) electrons. The Bertz CT molecular complexity index is 1150. The first-order valence-corrected chi connectivity index (χ1v) is 10.2. The zero-order valence-corrected chi connectivity index (χ0v) is 16.3. The van der Waals surface area contributed by atoms with Crippen LogP contribution in [0.4, 0.5) is 0 Å². The van der Waals surface area contributed by atoms with Gasteiger partial charge in [-0.25, -0.2) is 0 Å². The van der Waals surface area contributed by atoms with Crippen molar-refractivity contribution in [2.45, 2.75) is 38.3 Å². The van der Waals surface area contributed by atoms with Crippen LogP contribution in [-0.4, -0.2) is 50.0 Å². The summed E-state index contributed by atoms with van der Waals surface area (Å²) in [6.45, 7) is 2.54. The number of nitrogens with zero attached hydrogens (tertiary/aromatic N) is 4. The Labute approximate surface area is 168 Å². The number of aryl methyl sites for hydroxylation is 2. The van der Waals surface area contributed by atoms with E-state index in [0.29, 0.717) is 25.0 Å². The van der Waals surface area contributed by atoms with Gasteiger partial charge in [0.1, 0.15) is 5.56 Å². The van der Waals surface area contributed by atoms with Gasteiger partial charge < -0.3 is 14.6 Å². The normalized spacial score (nSPS) is 18.5. The molecule has 0 spiro atoms. The van der Waals surface area contributed by atoms with Gasteiger partial charge in [0, 0.05) is 43.3 Å². The molecule has 1 aromatic carbocycles. The molecule has 4 heterocycles. The number of aliphatic hydroxyl groups is 1. The summed E-state index contributed by atoms with van der Waals surface area (Å²) in [4.78, 5) is 28.2. The molecule has 29 heavy (non-hydrogen) atoms. The summed E-state index contributed by atoms with van der Waals surface area (Å²) in [6.07, 6.45) is 6.36. The number of hydrogen-bond donors (Lipinski definition) is 1. The van der Waals surface area contributed by atoms with Crippen molar-refractivity contribution in [1.82, 2.24) is 19.2 Å². The lowest BCUT2D eigenvalue weighted by atomic mass is 9.94. The van der Waals surface area contributed by atoms with Crippen LogP contribution in [0.2, 0.25) is 0 Å². The van der Waals surface area contributed by atoms with Crippen molar-refractivity contribution in [2.24, 2.45) is 0 Å². The lowest BCUT2D eigenvalue weighted by Crippen LogP contribution is -2.41. The standard InChI is InChI=1S/C22H24N4O3/c27-12-11-26-10-7-19(23-26)16-4-2-8-25(13-16)22(29)18-14-24-9-6-15-3-1-5-17(20(15)24)21(18)28/h1,3,5,7,10,14,16,27H,2,4,6,8-9,11-13H2/t16-/m1/s1. The van der Waals surface area contributed by atoms with Gasteiger partial charge in [0.05, 0.1) is 24.4 Å². The van der Waals surface area contributed by atoms with Crippen LogP contribution in [0.3, 0.4) is 0 Å². The average Bonchev–Trinajstić information content (AvgIpc) is 3.38. The molecule has 5 rings (SSSR count). The number of carbonyl (C=O) groups is 1. The van der Waals surface area contributed by atoms with Crippen LogP contribution < -0.4 is 5.43 Å². The summed E-state index contributed by atoms with van der Waals surface area (Å²) in [7, 11) is 0. The van der Waals surface area contributed by atoms with E-state index in [1.807, 2.05) is 24.4 Å². The molecular weight excluding hydrogens is 368 g/mol. The SMILES string of the molecule is O=C(c1cn2c3c(cccc3c1=O)CC2)N1CCC[C@@H](c2ccn(CCO)n2)C1. The van der Waals surface area contributed by atoms with Crippen LogP contribution in [0.1, 0.15) is 40.4 Å². The molecule has 2 aromatic heterocycles. The first kappa shape index (κ1) is 18.1. The molecule has 7 heteroatoms. The Kier molecular flexibility index (Phi) is 4.47. The largest absolute Gasteiger partial charge is 0.394 e. The van der Waals surface area contributed by atoms with Gasteiger partial charge in [-0.15, -0.1) is 0 Å². The number of benzene rings is 1. The number of piperidine rings is 1. The molecule has 3 aromatic rings. The second-order valence-electron chi connectivity index (χ2n) is 7.95. The molecule has 1 fully saturated rings. The van der Waals surface area contributed by atoms with Crippen LogP contribution in [0, 0.1) is 0 Å². The lowest BCUT2D eigenvalue weighted by Gasteiger charge is -2.32. The zero-order valence-electron chi connectivity index (χ0n) is 16.3. The smallest absolute Gasteiger partial charge is 0.259 e. The van der Waals surface area contributed by atoms with Crippen molar-refractivity contribution < 1.29 is 9.90 Å². The minimum Gasteiger partial charge on any atom is -0.394 e. The van der Waals surface area contributed by atoms with Gasteiger partial charge in [0.25, 0.3) is 5.91 Å². The van der Waals surface area contributed by atoms with Crippen molar-refractivity contribution in [3.63, 3.8) is 0 Å². The molecule has 2 aliphatic rings. The summed E-state index contributed by atoms with van der Waals surface area (Å²) in [6, 6.07) is 7.74. The highest BCUT2D eigenvalue weighted by Gasteiger charge is 2.29. The van der Waals surface area contributed by atoms with E-state index in [9.17, 15) is 9.59 Å². The Balaban J connectivity index is 1.43. The minimum atomic E-state index is -0.183. The zero-order chi connectivity index (χ0) is 20.0. The number of amides is 1. The maximum absolute atomic E-state index is 13.3. The number of para-hydroxylation sites is 1.